The largest absolute Gasteiger partial charge is 0.350 e. The van der Waals surface area contributed by atoms with Gasteiger partial charge in [0.15, 0.2) is 0 Å². The van der Waals surface area contributed by atoms with E-state index in [1.807, 2.05) is 61.5 Å². The molecule has 0 bridgehead atoms. The van der Waals surface area contributed by atoms with E-state index >= 15 is 0 Å². The lowest BCUT2D eigenvalue weighted by Gasteiger charge is -2.31. The lowest BCUT2D eigenvalue weighted by Crippen LogP contribution is -2.43. The van der Waals surface area contributed by atoms with Crippen molar-refractivity contribution in [1.82, 2.24) is 10.2 Å². The van der Waals surface area contributed by atoms with Crippen molar-refractivity contribution < 1.29 is 14.0 Å². The van der Waals surface area contributed by atoms with E-state index in [9.17, 15) is 14.0 Å². The lowest BCUT2D eigenvalue weighted by molar-refractivity contribution is -0.141. The van der Waals surface area contributed by atoms with Crippen LogP contribution in [0.2, 0.25) is 0 Å². The Balaban J connectivity index is 1.88. The molecule has 3 rings (SSSR count). The molecule has 1 atom stereocenters. The SMILES string of the molecule is CCC(=O)N(Cc1ccc(F)cc1)[C@H](C(=O)NCc1ccc(C)cc1)c1ccccc1. The Hall–Kier alpha value is -3.47. The molecular weight excluding hydrogens is 391 g/mol. The van der Waals surface area contributed by atoms with Crippen LogP contribution < -0.4 is 5.32 Å². The Labute approximate surface area is 182 Å². The maximum absolute atomic E-state index is 13.3. The van der Waals surface area contributed by atoms with E-state index < -0.39 is 6.04 Å². The average molecular weight is 419 g/mol. The predicted octanol–water partition coefficient (Wildman–Crippen LogP) is 4.93. The van der Waals surface area contributed by atoms with Gasteiger partial charge in [-0.25, -0.2) is 4.39 Å². The second-order valence-electron chi connectivity index (χ2n) is 7.52. The highest BCUT2D eigenvalue weighted by Gasteiger charge is 2.30. The molecule has 0 aliphatic rings. The molecule has 5 heteroatoms. The van der Waals surface area contributed by atoms with Crippen LogP contribution in [0.3, 0.4) is 0 Å². The summed E-state index contributed by atoms with van der Waals surface area (Å²) in [7, 11) is 0. The van der Waals surface area contributed by atoms with Crippen molar-refractivity contribution >= 4 is 11.8 Å². The Morgan fingerprint density at radius 3 is 2.13 bits per heavy atom. The van der Waals surface area contributed by atoms with E-state index in [0.717, 1.165) is 22.3 Å². The van der Waals surface area contributed by atoms with Gasteiger partial charge in [-0.15, -0.1) is 0 Å². The molecule has 0 spiro atoms. The zero-order chi connectivity index (χ0) is 22.2. The van der Waals surface area contributed by atoms with Crippen LogP contribution in [0.5, 0.6) is 0 Å². The van der Waals surface area contributed by atoms with Gasteiger partial charge in [-0.2, -0.15) is 0 Å². The summed E-state index contributed by atoms with van der Waals surface area (Å²) in [5, 5.41) is 2.98. The smallest absolute Gasteiger partial charge is 0.247 e. The van der Waals surface area contributed by atoms with Crippen LogP contribution in [0.25, 0.3) is 0 Å². The van der Waals surface area contributed by atoms with Crippen molar-refractivity contribution in [1.29, 1.82) is 0 Å². The van der Waals surface area contributed by atoms with Crippen LogP contribution >= 0.6 is 0 Å². The van der Waals surface area contributed by atoms with Crippen molar-refractivity contribution in [3.8, 4) is 0 Å². The van der Waals surface area contributed by atoms with Gasteiger partial charge in [0.25, 0.3) is 0 Å². The molecule has 2 amide bonds. The monoisotopic (exact) mass is 418 g/mol. The third-order valence-electron chi connectivity index (χ3n) is 5.15. The molecule has 0 radical (unpaired) electrons. The summed E-state index contributed by atoms with van der Waals surface area (Å²) in [6.07, 6.45) is 0.260. The van der Waals surface area contributed by atoms with Gasteiger partial charge < -0.3 is 10.2 Å². The summed E-state index contributed by atoms with van der Waals surface area (Å²) in [4.78, 5) is 27.8. The number of rotatable bonds is 8. The van der Waals surface area contributed by atoms with Gasteiger partial charge in [0.2, 0.25) is 11.8 Å². The fraction of sp³-hybridized carbons (Fsp3) is 0.231. The van der Waals surface area contributed by atoms with Crippen LogP contribution in [0.1, 0.15) is 41.6 Å². The lowest BCUT2D eigenvalue weighted by atomic mass is 10.0. The molecular formula is C26H27FN2O2. The van der Waals surface area contributed by atoms with E-state index in [-0.39, 0.29) is 30.6 Å². The molecule has 0 saturated carbocycles. The Bertz CT molecular complexity index is 1000. The van der Waals surface area contributed by atoms with E-state index in [1.54, 1.807) is 24.0 Å². The maximum atomic E-state index is 13.3. The van der Waals surface area contributed by atoms with Crippen LogP contribution in [0.4, 0.5) is 4.39 Å². The van der Waals surface area contributed by atoms with Crippen LogP contribution in [0, 0.1) is 12.7 Å². The normalized spacial score (nSPS) is 11.6. The third-order valence-corrected chi connectivity index (χ3v) is 5.15. The molecule has 31 heavy (non-hydrogen) atoms. The Kier molecular flexibility index (Phi) is 7.55. The molecule has 3 aromatic rings. The first-order valence-corrected chi connectivity index (χ1v) is 10.4. The summed E-state index contributed by atoms with van der Waals surface area (Å²) in [6.45, 7) is 4.36. The summed E-state index contributed by atoms with van der Waals surface area (Å²) in [5.41, 5.74) is 3.62. The minimum absolute atomic E-state index is 0.149. The predicted molar refractivity (Wildman–Crippen MR) is 119 cm³/mol. The van der Waals surface area contributed by atoms with Gasteiger partial charge >= 0.3 is 0 Å². The van der Waals surface area contributed by atoms with Crippen LogP contribution in [-0.4, -0.2) is 16.7 Å². The molecule has 0 aromatic heterocycles. The molecule has 0 unspecified atom stereocenters. The second-order valence-corrected chi connectivity index (χ2v) is 7.52. The summed E-state index contributed by atoms with van der Waals surface area (Å²) >= 11 is 0. The molecule has 0 fully saturated rings. The second kappa shape index (κ2) is 10.5. The first-order valence-electron chi connectivity index (χ1n) is 10.4. The van der Waals surface area contributed by atoms with Crippen molar-refractivity contribution in [3.63, 3.8) is 0 Å². The highest BCUT2D eigenvalue weighted by Crippen LogP contribution is 2.25. The quantitative estimate of drug-likeness (QED) is 0.564. The first-order chi connectivity index (χ1) is 15.0. The van der Waals surface area contributed by atoms with E-state index in [0.29, 0.717) is 6.54 Å². The first kappa shape index (κ1) is 22.2. The topological polar surface area (TPSA) is 49.4 Å². The molecule has 0 saturated heterocycles. The van der Waals surface area contributed by atoms with Gasteiger partial charge in [0, 0.05) is 19.5 Å². The van der Waals surface area contributed by atoms with E-state index in [4.69, 9.17) is 0 Å². The molecule has 0 aliphatic carbocycles. The Morgan fingerprint density at radius 1 is 0.903 bits per heavy atom. The molecule has 0 aliphatic heterocycles. The number of halogens is 1. The maximum Gasteiger partial charge on any atom is 0.247 e. The standard InChI is InChI=1S/C26H27FN2O2/c1-3-24(30)29(18-21-13-15-23(27)16-14-21)25(22-7-5-4-6-8-22)26(31)28-17-20-11-9-19(2)10-12-20/h4-16,25H,3,17-18H2,1-2H3,(H,28,31)/t25-/m0/s1. The number of hydrogen-bond acceptors (Lipinski definition) is 2. The number of carbonyl (C=O) groups is 2. The van der Waals surface area contributed by atoms with Gasteiger partial charge in [0.1, 0.15) is 11.9 Å². The molecule has 4 nitrogen and oxygen atoms in total. The number of benzene rings is 3. The van der Waals surface area contributed by atoms with Gasteiger partial charge in [0.05, 0.1) is 0 Å². The number of nitrogens with one attached hydrogen (secondary N) is 1. The van der Waals surface area contributed by atoms with Crippen LogP contribution in [-0.2, 0) is 22.7 Å². The summed E-state index contributed by atoms with van der Waals surface area (Å²) in [5.74, 6) is -0.744. The fourth-order valence-electron chi connectivity index (χ4n) is 3.41. The van der Waals surface area contributed by atoms with Crippen LogP contribution in [0.15, 0.2) is 78.9 Å². The zero-order valence-corrected chi connectivity index (χ0v) is 17.8. The fourth-order valence-corrected chi connectivity index (χ4v) is 3.41. The van der Waals surface area contributed by atoms with Gasteiger partial charge in [-0.1, -0.05) is 79.2 Å². The van der Waals surface area contributed by atoms with Gasteiger partial charge in [-0.05, 0) is 35.7 Å². The highest BCUT2D eigenvalue weighted by atomic mass is 19.1. The summed E-state index contributed by atoms with van der Waals surface area (Å²) < 4.78 is 13.3. The van der Waals surface area contributed by atoms with Crippen molar-refractivity contribution in [2.75, 3.05) is 0 Å². The van der Waals surface area contributed by atoms with Crippen molar-refractivity contribution in [3.05, 3.63) is 107 Å². The van der Waals surface area contributed by atoms with Crippen molar-refractivity contribution in [2.24, 2.45) is 0 Å². The molecule has 3 aromatic carbocycles. The van der Waals surface area contributed by atoms with E-state index in [1.165, 1.54) is 12.1 Å². The number of amides is 2. The number of aryl methyl sites for hydroxylation is 1. The van der Waals surface area contributed by atoms with Gasteiger partial charge in [-0.3, -0.25) is 9.59 Å². The molecule has 0 heterocycles. The number of nitrogens with zero attached hydrogens (tertiary/aromatic N) is 1. The number of hydrogen-bond donors (Lipinski definition) is 1. The Morgan fingerprint density at radius 2 is 1.52 bits per heavy atom. The highest BCUT2D eigenvalue weighted by molar-refractivity contribution is 5.88. The average Bonchev–Trinajstić information content (AvgIpc) is 2.79. The summed E-state index contributed by atoms with van der Waals surface area (Å²) in [6, 6.07) is 22.4. The molecule has 1 N–H and O–H groups in total. The minimum atomic E-state index is -0.788. The van der Waals surface area contributed by atoms with Crippen molar-refractivity contribution in [2.45, 2.75) is 39.4 Å². The number of carbonyl (C=O) groups excluding carboxylic acids is 2. The molecule has 160 valence electrons. The third kappa shape index (κ3) is 6.01. The minimum Gasteiger partial charge on any atom is -0.350 e. The zero-order valence-electron chi connectivity index (χ0n) is 17.8. The van der Waals surface area contributed by atoms with E-state index in [2.05, 4.69) is 5.32 Å².